The van der Waals surface area contributed by atoms with E-state index in [4.69, 9.17) is 49.4 Å². The van der Waals surface area contributed by atoms with Crippen LogP contribution in [-0.4, -0.2) is 122 Å². The molecule has 0 amide bonds. The summed E-state index contributed by atoms with van der Waals surface area (Å²) >= 11 is 0. The predicted molar refractivity (Wildman–Crippen MR) is 169 cm³/mol. The minimum atomic E-state index is -0.290. The topological polar surface area (TPSA) is 501 Å². The molecule has 0 aliphatic carbocycles. The van der Waals surface area contributed by atoms with E-state index in [9.17, 15) is 0 Å². The first-order valence-corrected chi connectivity index (χ1v) is 11.9. The average molecular weight is 715 g/mol. The van der Waals surface area contributed by atoms with Crippen molar-refractivity contribution >= 4 is 78.2 Å². The van der Waals surface area contributed by atoms with Gasteiger partial charge in [0.15, 0.2) is 0 Å². The molecule has 0 fully saturated rings. The van der Waals surface area contributed by atoms with E-state index in [1.807, 2.05) is 6.79 Å². The molecular formula is C18H36N24Na2O5. The third-order valence-electron chi connectivity index (χ3n) is 4.06. The second-order valence-electron chi connectivity index (χ2n) is 7.13. The maximum Gasteiger partial charge on any atom is 1.00 e. The summed E-state index contributed by atoms with van der Waals surface area (Å²) in [6.07, 6.45) is 0. The number of carbonyl (C=O) groups excluding carboxylic acids is 1. The summed E-state index contributed by atoms with van der Waals surface area (Å²) in [5.74, 6) is 1.96. The molecule has 4 rings (SSSR count). The Hall–Kier alpha value is -4.85. The van der Waals surface area contributed by atoms with Gasteiger partial charge in [0.1, 0.15) is 20.3 Å². The van der Waals surface area contributed by atoms with Gasteiger partial charge < -0.3 is 92.3 Å². The molecule has 0 spiro atoms. The molecule has 0 saturated heterocycles. The Morgan fingerprint density at radius 3 is 1.02 bits per heavy atom. The first-order chi connectivity index (χ1) is 21.5. The molecule has 4 aromatic heterocycles. The summed E-state index contributed by atoms with van der Waals surface area (Å²) in [7, 11) is 3.35. The summed E-state index contributed by atoms with van der Waals surface area (Å²) in [6.45, 7) is 1.67. The van der Waals surface area contributed by atoms with Gasteiger partial charge in [-0.3, -0.25) is 0 Å². The van der Waals surface area contributed by atoms with Crippen molar-refractivity contribution in [2.24, 2.45) is 0 Å². The molecule has 29 nitrogen and oxygen atoms in total. The normalized spacial score (nSPS) is 8.65. The molecule has 0 saturated carbocycles. The Labute approximate surface area is 321 Å². The third-order valence-corrected chi connectivity index (χ3v) is 4.06. The van der Waals surface area contributed by atoms with Gasteiger partial charge >= 0.3 is 59.1 Å². The van der Waals surface area contributed by atoms with Crippen molar-refractivity contribution in [3.05, 3.63) is 0 Å². The number of aliphatic hydroxyl groups is 2. The molecule has 4 heterocycles. The molecule has 260 valence electrons. The molecule has 22 N–H and O–H groups in total. The maximum absolute atomic E-state index is 8.87. The summed E-state index contributed by atoms with van der Waals surface area (Å²) in [6, 6.07) is 0. The van der Waals surface area contributed by atoms with Crippen LogP contribution in [-0.2, 0) is 4.79 Å². The number of nitrogens with zero attached hydrogens (tertiary/aromatic N) is 12. The van der Waals surface area contributed by atoms with Crippen molar-refractivity contribution in [2.75, 3.05) is 101 Å². The van der Waals surface area contributed by atoms with Crippen LogP contribution in [0.2, 0.25) is 0 Å². The second-order valence-corrected chi connectivity index (χ2v) is 7.13. The monoisotopic (exact) mass is 714 g/mol. The van der Waals surface area contributed by atoms with E-state index < -0.39 is 0 Å². The van der Waals surface area contributed by atoms with Crippen LogP contribution >= 0.6 is 0 Å². The van der Waals surface area contributed by atoms with E-state index in [1.54, 1.807) is 14.1 Å². The zero-order chi connectivity index (χ0) is 33.8. The molecular weight excluding hydrogens is 678 g/mol. The smallest absolute Gasteiger partial charge is 0.870 e. The molecule has 49 heavy (non-hydrogen) atoms. The zero-order valence-electron chi connectivity index (χ0n) is 26.9. The number of aliphatic hydroxyl groups excluding tert-OH is 2. The number of hydrogen-bond acceptors (Lipinski definition) is 29. The van der Waals surface area contributed by atoms with Crippen LogP contribution in [0.1, 0.15) is 0 Å². The Morgan fingerprint density at radius 2 is 0.673 bits per heavy atom. The Balaban J connectivity index is -0.000000328. The van der Waals surface area contributed by atoms with Crippen LogP contribution in [0.25, 0.3) is 0 Å². The molecule has 0 bridgehead atoms. The standard InChI is InChI=1S/C10H18N12O.C4H8N6O.C3H6N6.CH2O.2Na.2H2O/c1-12-6-17-5(11)18-8(19-6)14-3-15-9-20-7(13-2)21-10(22-9)16-4-23;5-2-8-3(6)10-4(9-2)7-1-11;4-1-7-2(5)9-3(6)8-1;1-2;;;;/h23H,3-4H2,1-2H3,(H4,11,12,14,17,18,19)(H3,13,15,16,20,21,22);11H,1H2,(H5,5,6,7,8,9,10);(H6,4,5,6,7,8,9);1H2;;;2*1H2/q;;;;2*+1;;/p-2. The summed E-state index contributed by atoms with van der Waals surface area (Å²) in [4.78, 5) is 53.4. The van der Waals surface area contributed by atoms with Crippen molar-refractivity contribution in [1.29, 1.82) is 0 Å². The average Bonchev–Trinajstić information content (AvgIpc) is 2.97. The van der Waals surface area contributed by atoms with Gasteiger partial charge in [-0.05, 0) is 0 Å². The fraction of sp³-hybridized carbons (Fsp3) is 0.278. The SMILES string of the molecule is C=O.CNc1nc(N)nc(NCNc2nc(NC)nc(NCO)n2)n1.Nc1nc(N)nc(N)n1.Nc1nc(N)nc(NCO)n1.[Na+].[Na+].[OH-].[OH-]. The van der Waals surface area contributed by atoms with Gasteiger partial charge in [-0.1, -0.05) is 0 Å². The number of carbonyl (C=O) groups is 1. The number of aromatic nitrogens is 12. The van der Waals surface area contributed by atoms with Crippen molar-refractivity contribution in [3.8, 4) is 0 Å². The van der Waals surface area contributed by atoms with Gasteiger partial charge in [-0.25, -0.2) is 0 Å². The summed E-state index contributed by atoms with van der Waals surface area (Å²) in [5, 5.41) is 33.7. The van der Waals surface area contributed by atoms with Gasteiger partial charge in [-0.2, -0.15) is 59.8 Å². The fourth-order valence-corrected chi connectivity index (χ4v) is 2.49. The van der Waals surface area contributed by atoms with Crippen LogP contribution < -0.4 is 125 Å². The fourth-order valence-electron chi connectivity index (χ4n) is 2.49. The van der Waals surface area contributed by atoms with Gasteiger partial charge in [0.2, 0.25) is 71.4 Å². The second kappa shape index (κ2) is 28.2. The van der Waals surface area contributed by atoms with Gasteiger partial charge in [0, 0.05) is 14.1 Å². The molecule has 31 heteroatoms. The first-order valence-electron chi connectivity index (χ1n) is 11.9. The molecule has 0 radical (unpaired) electrons. The molecule has 0 atom stereocenters. The van der Waals surface area contributed by atoms with Crippen molar-refractivity contribution in [1.82, 2.24) is 59.8 Å². The van der Waals surface area contributed by atoms with Crippen LogP contribution in [0.4, 0.5) is 71.4 Å². The van der Waals surface area contributed by atoms with E-state index >= 15 is 0 Å². The van der Waals surface area contributed by atoms with E-state index in [-0.39, 0.29) is 138 Å². The number of nitrogen functional groups attached to an aromatic ring is 6. The Kier molecular flexibility index (Phi) is 29.3. The van der Waals surface area contributed by atoms with Gasteiger partial charge in [0.05, 0.1) is 6.67 Å². The molecule has 0 unspecified atom stereocenters. The number of nitrogens with one attached hydrogen (secondary N) is 6. The number of rotatable bonds is 10. The molecule has 4 aromatic rings. The molecule has 0 aliphatic heterocycles. The number of nitrogens with two attached hydrogens (primary N) is 6. The number of hydrogen-bond donors (Lipinski definition) is 14. The first kappa shape index (κ1) is 51.0. The Bertz CT molecular complexity index is 1410. The van der Waals surface area contributed by atoms with E-state index in [2.05, 4.69) is 91.7 Å². The van der Waals surface area contributed by atoms with E-state index in [1.165, 1.54) is 0 Å². The summed E-state index contributed by atoms with van der Waals surface area (Å²) < 4.78 is 0. The van der Waals surface area contributed by atoms with Gasteiger partial charge in [0.25, 0.3) is 0 Å². The van der Waals surface area contributed by atoms with Crippen LogP contribution in [0.3, 0.4) is 0 Å². The van der Waals surface area contributed by atoms with Gasteiger partial charge in [-0.15, -0.1) is 0 Å². The van der Waals surface area contributed by atoms with Crippen molar-refractivity contribution < 1.29 is 85.1 Å². The van der Waals surface area contributed by atoms with E-state index in [0.29, 0.717) is 23.8 Å². The quantitative estimate of drug-likeness (QED) is 0.0535. The maximum atomic E-state index is 8.87. The van der Waals surface area contributed by atoms with Crippen molar-refractivity contribution in [2.45, 2.75) is 0 Å². The number of anilines is 12. The minimum absolute atomic E-state index is 0. The van der Waals surface area contributed by atoms with Crippen LogP contribution in [0.5, 0.6) is 0 Å². The predicted octanol–water partition coefficient (Wildman–Crippen LogP) is -10.9. The molecule has 0 aliphatic rings. The minimum Gasteiger partial charge on any atom is -0.870 e. The van der Waals surface area contributed by atoms with E-state index in [0.717, 1.165) is 0 Å². The molecule has 0 aromatic carbocycles. The van der Waals surface area contributed by atoms with Crippen molar-refractivity contribution in [3.63, 3.8) is 0 Å². The van der Waals surface area contributed by atoms with Crippen LogP contribution in [0, 0.1) is 0 Å². The summed E-state index contributed by atoms with van der Waals surface area (Å²) in [5.41, 5.74) is 31.4. The van der Waals surface area contributed by atoms with Crippen LogP contribution in [0.15, 0.2) is 0 Å². The third kappa shape index (κ3) is 20.9. The largest absolute Gasteiger partial charge is 1.00 e. The zero-order valence-corrected chi connectivity index (χ0v) is 30.9. The Morgan fingerprint density at radius 1 is 0.449 bits per heavy atom.